The van der Waals surface area contributed by atoms with Gasteiger partial charge in [0.1, 0.15) is 11.2 Å². The molecular weight excluding hydrogens is 679 g/mol. The van der Waals surface area contributed by atoms with Crippen LogP contribution in [0.4, 0.5) is 28.4 Å². The van der Waals surface area contributed by atoms with E-state index in [4.69, 9.17) is 4.42 Å². The minimum Gasteiger partial charge on any atom is -0.456 e. The number of nitrogens with zero attached hydrogens (tertiary/aromatic N) is 1. The van der Waals surface area contributed by atoms with Crippen molar-refractivity contribution in [3.63, 3.8) is 0 Å². The van der Waals surface area contributed by atoms with Crippen LogP contribution in [0.25, 0.3) is 33.1 Å². The fourth-order valence-electron chi connectivity index (χ4n) is 10.5. The number of para-hydroxylation sites is 3. The highest BCUT2D eigenvalue weighted by atomic mass is 16.3. The second-order valence-corrected chi connectivity index (χ2v) is 18.7. The van der Waals surface area contributed by atoms with Crippen molar-refractivity contribution in [3.8, 4) is 11.1 Å². The molecule has 7 aromatic rings. The van der Waals surface area contributed by atoms with E-state index in [0.29, 0.717) is 0 Å². The summed E-state index contributed by atoms with van der Waals surface area (Å²) < 4.78 is 6.59. The first-order valence-electron chi connectivity index (χ1n) is 21.0. The Bertz CT molecular complexity index is 2710. The van der Waals surface area contributed by atoms with Gasteiger partial charge in [0, 0.05) is 33.4 Å². The van der Waals surface area contributed by atoms with Gasteiger partial charge < -0.3 is 14.6 Å². The molecule has 0 bridgehead atoms. The maximum atomic E-state index is 6.59. The Morgan fingerprint density at radius 2 is 1.43 bits per heavy atom. The van der Waals surface area contributed by atoms with E-state index in [0.717, 1.165) is 47.0 Å². The van der Waals surface area contributed by atoms with Crippen molar-refractivity contribution in [1.82, 2.24) is 0 Å². The summed E-state index contributed by atoms with van der Waals surface area (Å²) in [6.45, 7) is 16.7. The number of nitrogens with one attached hydrogen (secondary N) is 1. The SMILES string of the molecule is CCCCCc1cc(-c2ccc3oc4ccccc4c3c2Nc2ccc3c(c2)C(C)(C)CCC3(C)C)c2c(c1)N1c3ccccc3C(C)(C)c3cccc(c31)B2. The zero-order valence-corrected chi connectivity index (χ0v) is 34.2. The number of rotatable bonds is 7. The van der Waals surface area contributed by atoms with Crippen LogP contribution in [0.1, 0.15) is 108 Å². The molecule has 3 aliphatic rings. The van der Waals surface area contributed by atoms with Gasteiger partial charge in [-0.15, -0.1) is 0 Å². The molecule has 6 aromatic carbocycles. The molecule has 0 saturated carbocycles. The number of anilines is 5. The third-order valence-electron chi connectivity index (χ3n) is 13.8. The summed E-state index contributed by atoms with van der Waals surface area (Å²) in [6.07, 6.45) is 7.05. The molecule has 0 fully saturated rings. The van der Waals surface area contributed by atoms with Gasteiger partial charge in [-0.25, -0.2) is 0 Å². The molecular formula is C52H53BN2O. The zero-order valence-electron chi connectivity index (χ0n) is 34.2. The van der Waals surface area contributed by atoms with E-state index in [1.165, 1.54) is 99.0 Å². The van der Waals surface area contributed by atoms with Crippen LogP contribution in [-0.2, 0) is 22.7 Å². The Hall–Kier alpha value is -5.22. The number of aryl methyl sites for hydroxylation is 1. The lowest BCUT2D eigenvalue weighted by Crippen LogP contribution is -2.45. The lowest BCUT2D eigenvalue weighted by molar-refractivity contribution is 0.332. The highest BCUT2D eigenvalue weighted by molar-refractivity contribution is 6.73. The molecule has 1 aliphatic carbocycles. The van der Waals surface area contributed by atoms with E-state index in [1.54, 1.807) is 0 Å². The molecule has 1 aromatic heterocycles. The second kappa shape index (κ2) is 12.6. The number of hydrogen-bond donors (Lipinski definition) is 1. The van der Waals surface area contributed by atoms with E-state index >= 15 is 0 Å². The third-order valence-corrected chi connectivity index (χ3v) is 13.8. The average molecular weight is 733 g/mol. The van der Waals surface area contributed by atoms with Crippen molar-refractivity contribution in [3.05, 3.63) is 137 Å². The maximum absolute atomic E-state index is 6.59. The van der Waals surface area contributed by atoms with Crippen LogP contribution in [0, 0.1) is 0 Å². The van der Waals surface area contributed by atoms with Gasteiger partial charge in [-0.05, 0) is 118 Å². The molecule has 2 aliphatic heterocycles. The topological polar surface area (TPSA) is 28.4 Å². The molecule has 56 heavy (non-hydrogen) atoms. The normalized spacial score (nSPS) is 16.8. The van der Waals surface area contributed by atoms with Crippen molar-refractivity contribution >= 4 is 68.6 Å². The Morgan fingerprint density at radius 1 is 0.661 bits per heavy atom. The van der Waals surface area contributed by atoms with E-state index in [-0.39, 0.29) is 16.2 Å². The number of unbranched alkanes of at least 4 members (excludes halogenated alkanes) is 2. The largest absolute Gasteiger partial charge is 0.456 e. The first-order valence-corrected chi connectivity index (χ1v) is 21.0. The van der Waals surface area contributed by atoms with Gasteiger partial charge in [0.25, 0.3) is 0 Å². The highest BCUT2D eigenvalue weighted by Crippen LogP contribution is 2.53. The Morgan fingerprint density at radius 3 is 2.27 bits per heavy atom. The molecule has 0 unspecified atom stereocenters. The molecule has 0 amide bonds. The molecule has 3 nitrogen and oxygen atoms in total. The smallest absolute Gasteiger partial charge is 0.198 e. The summed E-state index contributed by atoms with van der Waals surface area (Å²) in [5, 5.41) is 6.39. The standard InChI is InChI=1S/C52H53BN2O/c1-8-9-10-16-32-29-36(47-43(30-32)55-42-21-13-12-18-38(42)52(6,7)39-19-15-20-41(53-47)49(39)55)34-24-26-45-46(35-17-11-14-22-44(35)56-45)48(34)54-33-23-25-37-40(31-33)51(4,5)28-27-50(37,2)3/h11-15,17-26,29-31,53-54H,8-10,16,27-28H2,1-7H3. The first kappa shape index (κ1) is 35.2. The van der Waals surface area contributed by atoms with Gasteiger partial charge in [0.15, 0.2) is 7.28 Å². The number of furan rings is 1. The van der Waals surface area contributed by atoms with Crippen molar-refractivity contribution in [2.45, 2.75) is 103 Å². The summed E-state index contributed by atoms with van der Waals surface area (Å²) in [5.41, 5.74) is 20.6. The molecule has 0 spiro atoms. The van der Waals surface area contributed by atoms with Gasteiger partial charge in [0.2, 0.25) is 0 Å². The van der Waals surface area contributed by atoms with Gasteiger partial charge in [0.05, 0.1) is 16.8 Å². The quantitative estimate of drug-likeness (QED) is 0.131. The summed E-state index contributed by atoms with van der Waals surface area (Å²) in [4.78, 5) is 2.61. The molecule has 280 valence electrons. The minimum absolute atomic E-state index is 0.0966. The predicted molar refractivity (Wildman–Crippen MR) is 241 cm³/mol. The van der Waals surface area contributed by atoms with Crippen LogP contribution >= 0.6 is 0 Å². The molecule has 4 heteroatoms. The molecule has 1 N–H and O–H groups in total. The van der Waals surface area contributed by atoms with Gasteiger partial charge >= 0.3 is 0 Å². The van der Waals surface area contributed by atoms with Crippen LogP contribution in [0.3, 0.4) is 0 Å². The fraction of sp³-hybridized carbons (Fsp3) is 0.308. The first-order chi connectivity index (χ1) is 27.0. The lowest BCUT2D eigenvalue weighted by atomic mass is 9.55. The number of benzene rings is 6. The summed E-state index contributed by atoms with van der Waals surface area (Å²) in [5.74, 6) is 0. The minimum atomic E-state index is -0.0966. The Balaban J connectivity index is 1.24. The molecule has 0 radical (unpaired) electrons. The van der Waals surface area contributed by atoms with Crippen LogP contribution in [0.15, 0.2) is 114 Å². The van der Waals surface area contributed by atoms with E-state index in [9.17, 15) is 0 Å². The summed E-state index contributed by atoms with van der Waals surface area (Å²) in [7, 11) is 0.879. The summed E-state index contributed by atoms with van der Waals surface area (Å²) >= 11 is 0. The Labute approximate surface area is 333 Å². The van der Waals surface area contributed by atoms with Crippen LogP contribution < -0.4 is 21.1 Å². The highest BCUT2D eigenvalue weighted by Gasteiger charge is 2.41. The fourth-order valence-corrected chi connectivity index (χ4v) is 10.5. The third kappa shape index (κ3) is 5.31. The molecule has 3 heterocycles. The predicted octanol–water partition coefficient (Wildman–Crippen LogP) is 12.9. The molecule has 0 atom stereocenters. The molecule has 0 saturated heterocycles. The number of hydrogen-bond acceptors (Lipinski definition) is 3. The van der Waals surface area contributed by atoms with Crippen LogP contribution in [-0.4, -0.2) is 7.28 Å². The van der Waals surface area contributed by atoms with E-state index in [1.807, 2.05) is 0 Å². The van der Waals surface area contributed by atoms with Crippen molar-refractivity contribution in [2.75, 3.05) is 10.2 Å². The second-order valence-electron chi connectivity index (χ2n) is 18.7. The van der Waals surface area contributed by atoms with Gasteiger partial charge in [-0.1, -0.05) is 134 Å². The van der Waals surface area contributed by atoms with Gasteiger partial charge in [-0.2, -0.15) is 0 Å². The lowest BCUT2D eigenvalue weighted by Gasteiger charge is -2.46. The van der Waals surface area contributed by atoms with Gasteiger partial charge in [-0.3, -0.25) is 0 Å². The maximum Gasteiger partial charge on any atom is 0.198 e. The van der Waals surface area contributed by atoms with Crippen molar-refractivity contribution in [1.29, 1.82) is 0 Å². The molecule has 10 rings (SSSR count). The Kier molecular flexibility index (Phi) is 7.95. The van der Waals surface area contributed by atoms with Crippen LogP contribution in [0.2, 0.25) is 0 Å². The summed E-state index contributed by atoms with van der Waals surface area (Å²) in [6, 6.07) is 41.4. The average Bonchev–Trinajstić information content (AvgIpc) is 3.58. The van der Waals surface area contributed by atoms with E-state index < -0.39 is 0 Å². The van der Waals surface area contributed by atoms with E-state index in [2.05, 4.69) is 168 Å². The van der Waals surface area contributed by atoms with Crippen molar-refractivity contribution in [2.24, 2.45) is 0 Å². The van der Waals surface area contributed by atoms with Crippen LogP contribution in [0.5, 0.6) is 0 Å². The zero-order chi connectivity index (χ0) is 38.6. The number of fused-ring (bicyclic) bond motifs is 8. The van der Waals surface area contributed by atoms with Crippen molar-refractivity contribution < 1.29 is 4.42 Å². The monoisotopic (exact) mass is 732 g/mol.